The van der Waals surface area contributed by atoms with Gasteiger partial charge in [0.25, 0.3) is 0 Å². The first-order chi connectivity index (χ1) is 9.60. The van der Waals surface area contributed by atoms with Crippen LogP contribution in [0.3, 0.4) is 0 Å². The van der Waals surface area contributed by atoms with Crippen LogP contribution in [0.25, 0.3) is 0 Å². The summed E-state index contributed by atoms with van der Waals surface area (Å²) in [7, 11) is 5.67. The molecule has 5 heteroatoms. The van der Waals surface area contributed by atoms with E-state index in [2.05, 4.69) is 33.6 Å². The molecule has 0 atom stereocenters. The largest absolute Gasteiger partial charge is 0.465 e. The topological polar surface area (TPSA) is 45.7 Å². The molecule has 0 aromatic carbocycles. The lowest BCUT2D eigenvalue weighted by Crippen LogP contribution is -2.41. The number of likely N-dealkylation sites (tertiary alicyclic amines) is 1. The van der Waals surface area contributed by atoms with E-state index in [1.807, 2.05) is 6.07 Å². The Bertz CT molecular complexity index is 437. The number of carbonyl (C=O) groups excluding carboxylic acids is 1. The third kappa shape index (κ3) is 3.77. The molecule has 2 heterocycles. The average molecular weight is 277 g/mol. The molecule has 5 nitrogen and oxygen atoms in total. The van der Waals surface area contributed by atoms with Crippen molar-refractivity contribution in [1.82, 2.24) is 14.8 Å². The molecule has 1 saturated heterocycles. The van der Waals surface area contributed by atoms with Crippen LogP contribution in [0.4, 0.5) is 0 Å². The molecule has 1 aliphatic rings. The predicted molar refractivity (Wildman–Crippen MR) is 77.6 cm³/mol. The molecule has 0 N–H and O–H groups in total. The van der Waals surface area contributed by atoms with Crippen LogP contribution in [0.2, 0.25) is 0 Å². The standard InChI is InChI=1S/C15H23N3O2/c1-17(2)14-6-8-18(9-7-14)11-13-5-4-12(10-16-13)15(19)20-3/h4-5,10,14H,6-9,11H2,1-3H3. The number of nitrogens with zero attached hydrogens (tertiary/aromatic N) is 3. The Hall–Kier alpha value is -1.46. The van der Waals surface area contributed by atoms with E-state index in [-0.39, 0.29) is 5.97 Å². The highest BCUT2D eigenvalue weighted by Crippen LogP contribution is 2.16. The maximum atomic E-state index is 11.3. The molecule has 0 radical (unpaired) electrons. The molecule has 1 aliphatic heterocycles. The van der Waals surface area contributed by atoms with Gasteiger partial charge in [-0.2, -0.15) is 0 Å². The minimum absolute atomic E-state index is 0.337. The number of ether oxygens (including phenoxy) is 1. The maximum Gasteiger partial charge on any atom is 0.339 e. The number of esters is 1. The van der Waals surface area contributed by atoms with Crippen molar-refractivity contribution in [1.29, 1.82) is 0 Å². The van der Waals surface area contributed by atoms with Crippen LogP contribution in [-0.4, -0.2) is 61.1 Å². The van der Waals surface area contributed by atoms with Gasteiger partial charge in [-0.1, -0.05) is 0 Å². The molecule has 1 aromatic rings. The number of rotatable bonds is 4. The van der Waals surface area contributed by atoms with Gasteiger partial charge in [0.2, 0.25) is 0 Å². The number of piperidine rings is 1. The zero-order valence-corrected chi connectivity index (χ0v) is 12.5. The van der Waals surface area contributed by atoms with Gasteiger partial charge in [-0.05, 0) is 39.1 Å². The maximum absolute atomic E-state index is 11.3. The van der Waals surface area contributed by atoms with E-state index >= 15 is 0 Å². The predicted octanol–water partition coefficient (Wildman–Crippen LogP) is 1.39. The second kappa shape index (κ2) is 6.81. The van der Waals surface area contributed by atoms with Crippen LogP contribution < -0.4 is 0 Å². The highest BCUT2D eigenvalue weighted by atomic mass is 16.5. The minimum Gasteiger partial charge on any atom is -0.465 e. The molecule has 0 spiro atoms. The van der Waals surface area contributed by atoms with Crippen LogP contribution in [0.15, 0.2) is 18.3 Å². The Morgan fingerprint density at radius 2 is 2.10 bits per heavy atom. The van der Waals surface area contributed by atoms with E-state index < -0.39 is 0 Å². The lowest BCUT2D eigenvalue weighted by molar-refractivity contribution is 0.0600. The highest BCUT2D eigenvalue weighted by Gasteiger charge is 2.20. The van der Waals surface area contributed by atoms with Crippen molar-refractivity contribution in [2.24, 2.45) is 0 Å². The number of methoxy groups -OCH3 is 1. The summed E-state index contributed by atoms with van der Waals surface area (Å²) in [5.41, 5.74) is 1.50. The smallest absolute Gasteiger partial charge is 0.339 e. The molecule has 1 fully saturated rings. The van der Waals surface area contributed by atoms with Crippen molar-refractivity contribution < 1.29 is 9.53 Å². The van der Waals surface area contributed by atoms with Gasteiger partial charge < -0.3 is 9.64 Å². The summed E-state index contributed by atoms with van der Waals surface area (Å²) in [5, 5.41) is 0. The number of hydrogen-bond donors (Lipinski definition) is 0. The van der Waals surface area contributed by atoms with Crippen LogP contribution in [0.1, 0.15) is 28.9 Å². The van der Waals surface area contributed by atoms with Crippen molar-refractivity contribution >= 4 is 5.97 Å². The molecular weight excluding hydrogens is 254 g/mol. The van der Waals surface area contributed by atoms with Gasteiger partial charge in [0, 0.05) is 31.9 Å². The molecule has 0 saturated carbocycles. The molecular formula is C15H23N3O2. The van der Waals surface area contributed by atoms with Crippen LogP contribution in [0.5, 0.6) is 0 Å². The summed E-state index contributed by atoms with van der Waals surface area (Å²) in [4.78, 5) is 20.4. The average Bonchev–Trinajstić information content (AvgIpc) is 2.48. The third-order valence-corrected chi connectivity index (χ3v) is 3.92. The zero-order chi connectivity index (χ0) is 14.5. The Morgan fingerprint density at radius 1 is 1.40 bits per heavy atom. The summed E-state index contributed by atoms with van der Waals surface area (Å²) in [6.07, 6.45) is 3.99. The van der Waals surface area contributed by atoms with Gasteiger partial charge in [0.15, 0.2) is 0 Å². The summed E-state index contributed by atoms with van der Waals surface area (Å²) < 4.78 is 4.67. The Kier molecular flexibility index (Phi) is 5.09. The van der Waals surface area contributed by atoms with Crippen LogP contribution >= 0.6 is 0 Å². The van der Waals surface area contributed by atoms with E-state index in [9.17, 15) is 4.79 Å². The normalized spacial score (nSPS) is 17.4. The quantitative estimate of drug-likeness (QED) is 0.778. The van der Waals surface area contributed by atoms with Crippen molar-refractivity contribution in [2.75, 3.05) is 34.3 Å². The Balaban J connectivity index is 1.87. The molecule has 0 aliphatic carbocycles. The minimum atomic E-state index is -0.337. The fourth-order valence-corrected chi connectivity index (χ4v) is 2.58. The molecule has 0 bridgehead atoms. The van der Waals surface area contributed by atoms with Gasteiger partial charge in [0.1, 0.15) is 0 Å². The van der Waals surface area contributed by atoms with Crippen molar-refractivity contribution in [3.05, 3.63) is 29.6 Å². The van der Waals surface area contributed by atoms with E-state index in [1.54, 1.807) is 12.3 Å². The molecule has 110 valence electrons. The van der Waals surface area contributed by atoms with Crippen molar-refractivity contribution in [3.63, 3.8) is 0 Å². The van der Waals surface area contributed by atoms with Gasteiger partial charge in [0.05, 0.1) is 18.4 Å². The molecule has 0 unspecified atom stereocenters. The van der Waals surface area contributed by atoms with Crippen molar-refractivity contribution in [2.45, 2.75) is 25.4 Å². The monoisotopic (exact) mass is 277 g/mol. The second-order valence-electron chi connectivity index (χ2n) is 5.50. The van der Waals surface area contributed by atoms with Gasteiger partial charge >= 0.3 is 5.97 Å². The third-order valence-electron chi connectivity index (χ3n) is 3.92. The number of carbonyl (C=O) groups is 1. The van der Waals surface area contributed by atoms with Gasteiger partial charge in [-0.25, -0.2) is 4.79 Å². The van der Waals surface area contributed by atoms with Crippen molar-refractivity contribution in [3.8, 4) is 0 Å². The van der Waals surface area contributed by atoms with E-state index in [1.165, 1.54) is 20.0 Å². The molecule has 1 aromatic heterocycles. The molecule has 2 rings (SSSR count). The second-order valence-corrected chi connectivity index (χ2v) is 5.50. The lowest BCUT2D eigenvalue weighted by atomic mass is 10.0. The summed E-state index contributed by atoms with van der Waals surface area (Å²) in [6, 6.07) is 4.38. The van der Waals surface area contributed by atoms with Gasteiger partial charge in [-0.3, -0.25) is 9.88 Å². The number of pyridine rings is 1. The zero-order valence-electron chi connectivity index (χ0n) is 12.5. The Morgan fingerprint density at radius 3 is 2.60 bits per heavy atom. The fourth-order valence-electron chi connectivity index (χ4n) is 2.58. The number of hydrogen-bond acceptors (Lipinski definition) is 5. The highest BCUT2D eigenvalue weighted by molar-refractivity contribution is 5.88. The summed E-state index contributed by atoms with van der Waals surface area (Å²) in [6.45, 7) is 3.05. The Labute approximate surface area is 120 Å². The summed E-state index contributed by atoms with van der Waals surface area (Å²) >= 11 is 0. The lowest BCUT2D eigenvalue weighted by Gasteiger charge is -2.34. The van der Waals surface area contributed by atoms with E-state index in [0.717, 1.165) is 25.3 Å². The van der Waals surface area contributed by atoms with Crippen LogP contribution in [-0.2, 0) is 11.3 Å². The van der Waals surface area contributed by atoms with E-state index in [0.29, 0.717) is 11.6 Å². The van der Waals surface area contributed by atoms with Crippen LogP contribution in [0, 0.1) is 0 Å². The summed E-state index contributed by atoms with van der Waals surface area (Å²) in [5.74, 6) is -0.337. The van der Waals surface area contributed by atoms with Gasteiger partial charge in [-0.15, -0.1) is 0 Å². The molecule has 0 amide bonds. The SMILES string of the molecule is COC(=O)c1ccc(CN2CCC(N(C)C)CC2)nc1. The first-order valence-electron chi connectivity index (χ1n) is 7.02. The van der Waals surface area contributed by atoms with E-state index in [4.69, 9.17) is 0 Å². The molecule has 20 heavy (non-hydrogen) atoms. The first kappa shape index (κ1) is 14.9. The fraction of sp³-hybridized carbons (Fsp3) is 0.600. The first-order valence-corrected chi connectivity index (χ1v) is 7.02. The number of aromatic nitrogens is 1.